The molecule has 96 valence electrons. The van der Waals surface area contributed by atoms with Gasteiger partial charge >= 0.3 is 0 Å². The zero-order valence-corrected chi connectivity index (χ0v) is 10.9. The van der Waals surface area contributed by atoms with E-state index in [2.05, 4.69) is 4.98 Å². The molecule has 0 saturated carbocycles. The van der Waals surface area contributed by atoms with E-state index in [9.17, 15) is 0 Å². The molecule has 2 aromatic carbocycles. The van der Waals surface area contributed by atoms with E-state index in [4.69, 9.17) is 26.5 Å². The van der Waals surface area contributed by atoms with Gasteiger partial charge < -0.3 is 14.9 Å². The maximum Gasteiger partial charge on any atom is 0.227 e. The second kappa shape index (κ2) is 4.48. The number of hydrogen-bond donors (Lipinski definition) is 1. The van der Waals surface area contributed by atoms with Gasteiger partial charge in [-0.2, -0.15) is 0 Å². The third-order valence-corrected chi connectivity index (χ3v) is 3.14. The number of hydrogen-bond acceptors (Lipinski definition) is 4. The number of aromatic nitrogens is 1. The molecule has 0 aliphatic rings. The van der Waals surface area contributed by atoms with Crippen LogP contribution in [0.25, 0.3) is 22.6 Å². The first-order chi connectivity index (χ1) is 9.19. The largest absolute Gasteiger partial charge is 0.495 e. The smallest absolute Gasteiger partial charge is 0.227 e. The monoisotopic (exact) mass is 274 g/mol. The van der Waals surface area contributed by atoms with Crippen molar-refractivity contribution in [2.45, 2.75) is 0 Å². The number of anilines is 1. The van der Waals surface area contributed by atoms with Gasteiger partial charge in [-0.25, -0.2) is 4.98 Å². The highest BCUT2D eigenvalue weighted by Crippen LogP contribution is 2.32. The van der Waals surface area contributed by atoms with Gasteiger partial charge in [-0.15, -0.1) is 0 Å². The van der Waals surface area contributed by atoms with Crippen molar-refractivity contribution in [3.8, 4) is 17.2 Å². The number of para-hydroxylation sites is 1. The molecule has 2 N–H and O–H groups in total. The first-order valence-corrected chi connectivity index (χ1v) is 6.06. The second-order valence-electron chi connectivity index (χ2n) is 4.06. The molecule has 19 heavy (non-hydrogen) atoms. The number of methoxy groups -OCH3 is 1. The summed E-state index contributed by atoms with van der Waals surface area (Å²) in [4.78, 5) is 4.39. The van der Waals surface area contributed by atoms with Crippen LogP contribution in [0.4, 0.5) is 5.69 Å². The van der Waals surface area contributed by atoms with Crippen molar-refractivity contribution in [2.75, 3.05) is 12.8 Å². The Morgan fingerprint density at radius 3 is 2.79 bits per heavy atom. The Balaban J connectivity index is 2.14. The van der Waals surface area contributed by atoms with E-state index in [-0.39, 0.29) is 0 Å². The zero-order valence-electron chi connectivity index (χ0n) is 10.2. The summed E-state index contributed by atoms with van der Waals surface area (Å²) in [6.07, 6.45) is 0. The van der Waals surface area contributed by atoms with Gasteiger partial charge in [0.2, 0.25) is 5.89 Å². The predicted octanol–water partition coefficient (Wildman–Crippen LogP) is 3.74. The van der Waals surface area contributed by atoms with Crippen molar-refractivity contribution < 1.29 is 9.15 Å². The number of nitrogen functional groups attached to an aromatic ring is 1. The topological polar surface area (TPSA) is 61.3 Å². The molecule has 5 heteroatoms. The zero-order chi connectivity index (χ0) is 13.4. The summed E-state index contributed by atoms with van der Waals surface area (Å²) in [7, 11) is 1.57. The summed E-state index contributed by atoms with van der Waals surface area (Å²) in [6, 6.07) is 10.8. The van der Waals surface area contributed by atoms with Crippen LogP contribution < -0.4 is 10.5 Å². The number of halogens is 1. The first kappa shape index (κ1) is 11.9. The van der Waals surface area contributed by atoms with Crippen LogP contribution in [0.2, 0.25) is 5.02 Å². The molecule has 0 amide bonds. The van der Waals surface area contributed by atoms with Crippen LogP contribution in [-0.2, 0) is 0 Å². The van der Waals surface area contributed by atoms with Crippen LogP contribution >= 0.6 is 11.6 Å². The minimum Gasteiger partial charge on any atom is -0.495 e. The molecule has 0 bridgehead atoms. The van der Waals surface area contributed by atoms with E-state index >= 15 is 0 Å². The molecular weight excluding hydrogens is 264 g/mol. The normalized spacial score (nSPS) is 10.8. The molecular formula is C14H11ClN2O2. The molecule has 0 fully saturated rings. The minimum atomic E-state index is 0.484. The summed E-state index contributed by atoms with van der Waals surface area (Å²) in [5.74, 6) is 1.11. The van der Waals surface area contributed by atoms with Gasteiger partial charge in [0.25, 0.3) is 0 Å². The number of nitrogens with zero attached hydrogens (tertiary/aromatic N) is 1. The highest BCUT2D eigenvalue weighted by molar-refractivity contribution is 6.34. The lowest BCUT2D eigenvalue weighted by atomic mass is 10.2. The lowest BCUT2D eigenvalue weighted by Gasteiger charge is -2.04. The summed E-state index contributed by atoms with van der Waals surface area (Å²) < 4.78 is 10.8. The maximum absolute atomic E-state index is 6.06. The Bertz CT molecular complexity index is 752. The number of ether oxygens (including phenoxy) is 1. The maximum atomic E-state index is 6.06. The average molecular weight is 275 g/mol. The van der Waals surface area contributed by atoms with Crippen LogP contribution in [0, 0.1) is 0 Å². The Morgan fingerprint density at radius 1 is 1.26 bits per heavy atom. The quantitative estimate of drug-likeness (QED) is 0.723. The first-order valence-electron chi connectivity index (χ1n) is 5.68. The molecule has 4 nitrogen and oxygen atoms in total. The van der Waals surface area contributed by atoms with Crippen LogP contribution in [-0.4, -0.2) is 12.1 Å². The van der Waals surface area contributed by atoms with Gasteiger partial charge in [-0.1, -0.05) is 17.7 Å². The Hall–Kier alpha value is -2.20. The van der Waals surface area contributed by atoms with Crippen molar-refractivity contribution in [3.63, 3.8) is 0 Å². The average Bonchev–Trinajstić information content (AvgIpc) is 2.84. The lowest BCUT2D eigenvalue weighted by molar-refractivity contribution is 0.417. The van der Waals surface area contributed by atoms with E-state index < -0.39 is 0 Å². The van der Waals surface area contributed by atoms with Crippen LogP contribution in [0.5, 0.6) is 5.75 Å². The van der Waals surface area contributed by atoms with E-state index in [1.165, 1.54) is 0 Å². The van der Waals surface area contributed by atoms with Crippen LogP contribution in [0.15, 0.2) is 40.8 Å². The number of benzene rings is 2. The van der Waals surface area contributed by atoms with Crippen LogP contribution in [0.3, 0.4) is 0 Å². The summed E-state index contributed by atoms with van der Waals surface area (Å²) >= 11 is 6.06. The highest BCUT2D eigenvalue weighted by atomic mass is 35.5. The van der Waals surface area contributed by atoms with Crippen molar-refractivity contribution in [2.24, 2.45) is 0 Å². The molecule has 0 radical (unpaired) electrons. The third kappa shape index (κ3) is 2.00. The predicted molar refractivity (Wildman–Crippen MR) is 75.4 cm³/mol. The molecule has 0 atom stereocenters. The van der Waals surface area contributed by atoms with Gasteiger partial charge in [0.1, 0.15) is 11.3 Å². The van der Waals surface area contributed by atoms with E-state index in [0.29, 0.717) is 27.9 Å². The highest BCUT2D eigenvalue weighted by Gasteiger charge is 2.11. The summed E-state index contributed by atoms with van der Waals surface area (Å²) in [5.41, 5.74) is 8.49. The summed E-state index contributed by atoms with van der Waals surface area (Å²) in [5, 5.41) is 0.540. The van der Waals surface area contributed by atoms with Gasteiger partial charge in [0.05, 0.1) is 17.8 Å². The molecule has 0 saturated heterocycles. The van der Waals surface area contributed by atoms with Gasteiger partial charge in [0, 0.05) is 5.56 Å². The number of fused-ring (bicyclic) bond motifs is 1. The van der Waals surface area contributed by atoms with Crippen molar-refractivity contribution in [1.29, 1.82) is 0 Å². The van der Waals surface area contributed by atoms with Crippen molar-refractivity contribution in [3.05, 3.63) is 41.4 Å². The summed E-state index contributed by atoms with van der Waals surface area (Å²) in [6.45, 7) is 0. The molecule has 0 aliphatic heterocycles. The molecule has 3 aromatic rings. The van der Waals surface area contributed by atoms with Crippen molar-refractivity contribution >= 4 is 28.4 Å². The third-order valence-electron chi connectivity index (χ3n) is 2.84. The molecule has 0 spiro atoms. The Labute approximate surface area is 114 Å². The van der Waals surface area contributed by atoms with Crippen molar-refractivity contribution in [1.82, 2.24) is 4.98 Å². The van der Waals surface area contributed by atoms with Gasteiger partial charge in [0.15, 0.2) is 5.58 Å². The molecule has 0 unspecified atom stereocenters. The standard InChI is InChI=1S/C14H11ClN2O2/c1-18-12-6-5-8(7-10(12)16)14-17-11-4-2-3-9(15)13(11)19-14/h2-7H,16H2,1H3. The molecule has 1 heterocycles. The van der Waals surface area contributed by atoms with Crippen LogP contribution in [0.1, 0.15) is 0 Å². The fourth-order valence-electron chi connectivity index (χ4n) is 1.91. The van der Waals surface area contributed by atoms with Gasteiger partial charge in [-0.3, -0.25) is 0 Å². The fraction of sp³-hybridized carbons (Fsp3) is 0.0714. The number of rotatable bonds is 2. The Kier molecular flexibility index (Phi) is 2.80. The number of nitrogens with two attached hydrogens (primary N) is 1. The van der Waals surface area contributed by atoms with Gasteiger partial charge in [-0.05, 0) is 30.3 Å². The molecule has 1 aromatic heterocycles. The molecule has 3 rings (SSSR count). The van der Waals surface area contributed by atoms with E-state index in [1.54, 1.807) is 25.3 Å². The Morgan fingerprint density at radius 2 is 2.11 bits per heavy atom. The lowest BCUT2D eigenvalue weighted by Crippen LogP contribution is -1.92. The SMILES string of the molecule is COc1ccc(-c2nc3cccc(Cl)c3o2)cc1N. The van der Waals surface area contributed by atoms with E-state index in [0.717, 1.165) is 11.1 Å². The minimum absolute atomic E-state index is 0.484. The second-order valence-corrected chi connectivity index (χ2v) is 4.47. The number of oxazole rings is 1. The molecule has 0 aliphatic carbocycles. The van der Waals surface area contributed by atoms with E-state index in [1.807, 2.05) is 18.2 Å². The fourth-order valence-corrected chi connectivity index (χ4v) is 2.11.